The first kappa shape index (κ1) is 23.2. The Hall–Kier alpha value is -3.92. The van der Waals surface area contributed by atoms with Gasteiger partial charge in [0.25, 0.3) is 0 Å². The maximum absolute atomic E-state index is 14.3. The van der Waals surface area contributed by atoms with E-state index in [-0.39, 0.29) is 35.6 Å². The van der Waals surface area contributed by atoms with Crippen LogP contribution in [0.25, 0.3) is 10.8 Å². The van der Waals surface area contributed by atoms with E-state index in [4.69, 9.17) is 14.7 Å². The van der Waals surface area contributed by atoms with E-state index in [9.17, 15) is 19.1 Å². The SMILES string of the molecule is CC1(C(=O)OCc2cccc3ccccc23)CCC(Oc2cc(C(=O)O)c(C#N)cc2F)CC1. The molecule has 0 aromatic heterocycles. The zero-order valence-electron chi connectivity index (χ0n) is 18.7. The highest BCUT2D eigenvalue weighted by Crippen LogP contribution is 2.39. The van der Waals surface area contributed by atoms with Crippen molar-refractivity contribution in [2.45, 2.75) is 45.3 Å². The van der Waals surface area contributed by atoms with Gasteiger partial charge in [0.2, 0.25) is 0 Å². The Labute approximate surface area is 196 Å². The molecule has 0 heterocycles. The maximum Gasteiger partial charge on any atom is 0.337 e. The molecule has 0 unspecified atom stereocenters. The zero-order chi connectivity index (χ0) is 24.3. The summed E-state index contributed by atoms with van der Waals surface area (Å²) in [5, 5.41) is 20.4. The van der Waals surface area contributed by atoms with Gasteiger partial charge in [0.05, 0.1) is 22.6 Å². The molecule has 3 aromatic carbocycles. The van der Waals surface area contributed by atoms with Crippen molar-refractivity contribution in [2.75, 3.05) is 0 Å². The van der Waals surface area contributed by atoms with Crippen molar-refractivity contribution in [3.05, 3.63) is 77.1 Å². The van der Waals surface area contributed by atoms with Crippen molar-refractivity contribution < 1.29 is 28.6 Å². The second-order valence-corrected chi connectivity index (χ2v) is 8.84. The topological polar surface area (TPSA) is 96.6 Å². The average Bonchev–Trinajstić information content (AvgIpc) is 2.84. The summed E-state index contributed by atoms with van der Waals surface area (Å²) in [5.74, 6) is -2.60. The van der Waals surface area contributed by atoms with Crippen molar-refractivity contribution in [1.82, 2.24) is 0 Å². The number of hydrogen-bond donors (Lipinski definition) is 1. The van der Waals surface area contributed by atoms with Gasteiger partial charge in [0.1, 0.15) is 12.7 Å². The molecule has 0 spiro atoms. The number of hydrogen-bond acceptors (Lipinski definition) is 5. The fourth-order valence-corrected chi connectivity index (χ4v) is 4.38. The Kier molecular flexibility index (Phi) is 6.51. The molecule has 0 aliphatic heterocycles. The van der Waals surface area contributed by atoms with Crippen LogP contribution in [-0.4, -0.2) is 23.1 Å². The number of halogens is 1. The molecule has 174 valence electrons. The number of carbonyl (C=O) groups excluding carboxylic acids is 1. The second-order valence-electron chi connectivity index (χ2n) is 8.84. The quantitative estimate of drug-likeness (QED) is 0.479. The summed E-state index contributed by atoms with van der Waals surface area (Å²) < 4.78 is 25.8. The monoisotopic (exact) mass is 461 g/mol. The minimum atomic E-state index is -1.33. The van der Waals surface area contributed by atoms with E-state index in [2.05, 4.69) is 0 Å². The zero-order valence-corrected chi connectivity index (χ0v) is 18.7. The molecule has 0 atom stereocenters. The van der Waals surface area contributed by atoms with E-state index >= 15 is 0 Å². The van der Waals surface area contributed by atoms with Crippen LogP contribution in [0.2, 0.25) is 0 Å². The lowest BCUT2D eigenvalue weighted by molar-refractivity contribution is -0.159. The van der Waals surface area contributed by atoms with Gasteiger partial charge < -0.3 is 14.6 Å². The van der Waals surface area contributed by atoms with Crippen LogP contribution in [0.3, 0.4) is 0 Å². The first-order valence-corrected chi connectivity index (χ1v) is 11.1. The fraction of sp³-hybridized carbons (Fsp3) is 0.296. The second kappa shape index (κ2) is 9.52. The molecule has 1 aliphatic rings. The van der Waals surface area contributed by atoms with Crippen LogP contribution in [0, 0.1) is 22.6 Å². The highest BCUT2D eigenvalue weighted by Gasteiger charge is 2.40. The van der Waals surface area contributed by atoms with Gasteiger partial charge in [-0.15, -0.1) is 0 Å². The molecule has 0 bridgehead atoms. The highest BCUT2D eigenvalue weighted by atomic mass is 19.1. The highest BCUT2D eigenvalue weighted by molar-refractivity contribution is 5.91. The van der Waals surface area contributed by atoms with Gasteiger partial charge in [0, 0.05) is 0 Å². The number of benzene rings is 3. The van der Waals surface area contributed by atoms with Crippen molar-refractivity contribution in [3.63, 3.8) is 0 Å². The van der Waals surface area contributed by atoms with E-state index in [1.807, 2.05) is 49.4 Å². The van der Waals surface area contributed by atoms with Crippen LogP contribution in [0.5, 0.6) is 5.75 Å². The minimum Gasteiger partial charge on any atom is -0.487 e. The summed E-state index contributed by atoms with van der Waals surface area (Å²) in [5.41, 5.74) is -0.309. The first-order valence-electron chi connectivity index (χ1n) is 11.1. The molecular formula is C27H24FNO5. The molecular weight excluding hydrogens is 437 g/mol. The number of nitrogens with zero attached hydrogens (tertiary/aromatic N) is 1. The van der Waals surface area contributed by atoms with E-state index < -0.39 is 17.2 Å². The molecule has 6 nitrogen and oxygen atoms in total. The Morgan fingerprint density at radius 3 is 2.56 bits per heavy atom. The number of carbonyl (C=O) groups is 2. The molecule has 0 saturated heterocycles. The van der Waals surface area contributed by atoms with E-state index in [1.54, 1.807) is 6.07 Å². The molecule has 4 rings (SSSR count). The predicted molar refractivity (Wildman–Crippen MR) is 123 cm³/mol. The molecule has 3 aromatic rings. The summed E-state index contributed by atoms with van der Waals surface area (Å²) >= 11 is 0. The Bertz CT molecular complexity index is 1280. The average molecular weight is 461 g/mol. The van der Waals surface area contributed by atoms with Gasteiger partial charge in [-0.1, -0.05) is 42.5 Å². The van der Waals surface area contributed by atoms with Gasteiger partial charge in [-0.25, -0.2) is 9.18 Å². The normalized spacial score (nSPS) is 19.9. The van der Waals surface area contributed by atoms with Crippen LogP contribution in [-0.2, 0) is 16.1 Å². The third kappa shape index (κ3) is 4.72. The van der Waals surface area contributed by atoms with E-state index in [0.717, 1.165) is 28.5 Å². The summed E-state index contributed by atoms with van der Waals surface area (Å²) in [6.45, 7) is 2.05. The first-order chi connectivity index (χ1) is 16.3. The number of nitriles is 1. The Balaban J connectivity index is 1.38. The van der Waals surface area contributed by atoms with Crippen molar-refractivity contribution in [3.8, 4) is 11.8 Å². The number of fused-ring (bicyclic) bond motifs is 1. The largest absolute Gasteiger partial charge is 0.487 e. The van der Waals surface area contributed by atoms with Crippen LogP contribution >= 0.6 is 0 Å². The summed E-state index contributed by atoms with van der Waals surface area (Å²) in [6, 6.07) is 17.4. The molecule has 0 radical (unpaired) electrons. The molecule has 1 aliphatic carbocycles. The third-order valence-electron chi connectivity index (χ3n) is 6.48. The standard InChI is InChI=1S/C27H24FNO5/c1-27(26(32)33-16-18-7-4-6-17-5-2-3-8-21(17)18)11-9-20(10-12-27)34-24-14-22(25(30)31)19(15-29)13-23(24)28/h2-8,13-14,20H,9-12,16H2,1H3,(H,30,31). The number of esters is 1. The van der Waals surface area contributed by atoms with Crippen LogP contribution < -0.4 is 4.74 Å². The molecule has 0 amide bonds. The molecule has 1 N–H and O–H groups in total. The third-order valence-corrected chi connectivity index (χ3v) is 6.48. The summed E-state index contributed by atoms with van der Waals surface area (Å²) in [7, 11) is 0. The number of carboxylic acid groups (broad SMARTS) is 1. The Morgan fingerprint density at radius 2 is 1.85 bits per heavy atom. The van der Waals surface area contributed by atoms with E-state index in [1.165, 1.54) is 0 Å². The van der Waals surface area contributed by atoms with Gasteiger partial charge in [-0.05, 0) is 61.1 Å². The molecule has 7 heteroatoms. The van der Waals surface area contributed by atoms with Crippen LogP contribution in [0.4, 0.5) is 4.39 Å². The molecule has 1 fully saturated rings. The van der Waals surface area contributed by atoms with Crippen molar-refractivity contribution in [1.29, 1.82) is 5.26 Å². The fourth-order valence-electron chi connectivity index (χ4n) is 4.38. The molecule has 34 heavy (non-hydrogen) atoms. The lowest BCUT2D eigenvalue weighted by Gasteiger charge is -2.35. The van der Waals surface area contributed by atoms with Crippen LogP contribution in [0.15, 0.2) is 54.6 Å². The van der Waals surface area contributed by atoms with Gasteiger partial charge >= 0.3 is 11.9 Å². The predicted octanol–water partition coefficient (Wildman–Crippen LogP) is 5.62. The minimum absolute atomic E-state index is 0.185. The number of rotatable bonds is 6. The lowest BCUT2D eigenvalue weighted by atomic mass is 9.74. The summed E-state index contributed by atoms with van der Waals surface area (Å²) in [4.78, 5) is 24.3. The van der Waals surface area contributed by atoms with E-state index in [0.29, 0.717) is 25.7 Å². The smallest absolute Gasteiger partial charge is 0.337 e. The van der Waals surface area contributed by atoms with Gasteiger partial charge in [0.15, 0.2) is 11.6 Å². The van der Waals surface area contributed by atoms with Crippen molar-refractivity contribution in [2.24, 2.45) is 5.41 Å². The number of carboxylic acids is 1. The molecule has 1 saturated carbocycles. The lowest BCUT2D eigenvalue weighted by Crippen LogP contribution is -2.37. The Morgan fingerprint density at radius 1 is 1.15 bits per heavy atom. The maximum atomic E-state index is 14.3. The number of ether oxygens (including phenoxy) is 2. The van der Waals surface area contributed by atoms with Crippen molar-refractivity contribution >= 4 is 22.7 Å². The summed E-state index contributed by atoms with van der Waals surface area (Å²) in [6.07, 6.45) is 1.59. The number of aromatic carboxylic acids is 1. The van der Waals surface area contributed by atoms with Crippen LogP contribution in [0.1, 0.15) is 54.1 Å². The van der Waals surface area contributed by atoms with Gasteiger partial charge in [-0.2, -0.15) is 5.26 Å². The van der Waals surface area contributed by atoms with Gasteiger partial charge in [-0.3, -0.25) is 4.79 Å².